The van der Waals surface area contributed by atoms with Crippen LogP contribution in [0, 0.1) is 5.82 Å². The Kier molecular flexibility index (Phi) is 6.24. The molecule has 0 aliphatic rings. The van der Waals surface area contributed by atoms with Crippen molar-refractivity contribution >= 4 is 0 Å². The number of rotatable bonds is 7. The zero-order valence-electron chi connectivity index (χ0n) is 10.4. The number of hydrogen-bond acceptors (Lipinski definition) is 2. The summed E-state index contributed by atoms with van der Waals surface area (Å²) in [6, 6.07) is 5.98. The molecule has 0 radical (unpaired) electrons. The molecule has 108 valence electrons. The standard InChI is InChI=1S/C13H17F4NO/c14-12-5-3-10(4-6-12)11(8-18)2-1-7-19-9-13(15,16)17/h3-6,11H,1-2,7-9,18H2. The van der Waals surface area contributed by atoms with E-state index < -0.39 is 12.8 Å². The fourth-order valence-corrected chi connectivity index (χ4v) is 1.78. The highest BCUT2D eigenvalue weighted by Crippen LogP contribution is 2.21. The first-order valence-electron chi connectivity index (χ1n) is 6.02. The number of nitrogens with two attached hydrogens (primary N) is 1. The molecule has 1 aromatic rings. The van der Waals surface area contributed by atoms with Crippen molar-refractivity contribution in [1.29, 1.82) is 0 Å². The zero-order chi connectivity index (χ0) is 14.3. The predicted octanol–water partition coefficient (Wildman–Crippen LogP) is 3.23. The molecule has 0 aliphatic carbocycles. The third kappa shape index (κ3) is 6.54. The topological polar surface area (TPSA) is 35.2 Å². The molecule has 2 N–H and O–H groups in total. The summed E-state index contributed by atoms with van der Waals surface area (Å²) < 4.78 is 52.8. The van der Waals surface area contributed by atoms with Gasteiger partial charge >= 0.3 is 6.18 Å². The monoisotopic (exact) mass is 279 g/mol. The summed E-state index contributed by atoms with van der Waals surface area (Å²) in [5.41, 5.74) is 6.50. The maximum atomic E-state index is 12.8. The molecular weight excluding hydrogens is 262 g/mol. The van der Waals surface area contributed by atoms with Crippen LogP contribution in [0.3, 0.4) is 0 Å². The molecule has 1 aromatic carbocycles. The summed E-state index contributed by atoms with van der Waals surface area (Å²) in [6.45, 7) is -0.820. The largest absolute Gasteiger partial charge is 0.411 e. The molecule has 0 heterocycles. The number of benzene rings is 1. The van der Waals surface area contributed by atoms with Crippen LogP contribution in [-0.4, -0.2) is 25.9 Å². The molecule has 0 fully saturated rings. The van der Waals surface area contributed by atoms with Crippen LogP contribution in [0.2, 0.25) is 0 Å². The molecule has 6 heteroatoms. The van der Waals surface area contributed by atoms with E-state index in [1.165, 1.54) is 12.1 Å². The normalized spacial score (nSPS) is 13.5. The Morgan fingerprint density at radius 3 is 2.32 bits per heavy atom. The van der Waals surface area contributed by atoms with Gasteiger partial charge in [-0.15, -0.1) is 0 Å². The lowest BCUT2D eigenvalue weighted by Crippen LogP contribution is -2.18. The molecule has 0 spiro atoms. The summed E-state index contributed by atoms with van der Waals surface area (Å²) in [4.78, 5) is 0. The van der Waals surface area contributed by atoms with E-state index in [2.05, 4.69) is 4.74 Å². The maximum Gasteiger partial charge on any atom is 0.411 e. The Bertz CT molecular complexity index is 364. The van der Waals surface area contributed by atoms with Crippen molar-refractivity contribution in [3.63, 3.8) is 0 Å². The summed E-state index contributed by atoms with van der Waals surface area (Å²) in [5.74, 6) is -0.317. The zero-order valence-corrected chi connectivity index (χ0v) is 10.4. The number of ether oxygens (including phenoxy) is 1. The van der Waals surface area contributed by atoms with E-state index in [-0.39, 0.29) is 18.3 Å². The second-order valence-electron chi connectivity index (χ2n) is 4.29. The molecule has 1 unspecified atom stereocenters. The van der Waals surface area contributed by atoms with Crippen LogP contribution in [0.1, 0.15) is 24.3 Å². The van der Waals surface area contributed by atoms with Gasteiger partial charge in [0, 0.05) is 6.61 Å². The van der Waals surface area contributed by atoms with Crippen molar-refractivity contribution in [3.05, 3.63) is 35.6 Å². The third-order valence-electron chi connectivity index (χ3n) is 2.73. The van der Waals surface area contributed by atoms with Gasteiger partial charge in [0.05, 0.1) is 0 Å². The fourth-order valence-electron chi connectivity index (χ4n) is 1.78. The van der Waals surface area contributed by atoms with Gasteiger partial charge in [0.2, 0.25) is 0 Å². The van der Waals surface area contributed by atoms with Gasteiger partial charge in [0.25, 0.3) is 0 Å². The van der Waals surface area contributed by atoms with Crippen molar-refractivity contribution in [2.45, 2.75) is 24.9 Å². The minimum absolute atomic E-state index is 0.00934. The van der Waals surface area contributed by atoms with E-state index in [9.17, 15) is 17.6 Å². The lowest BCUT2D eigenvalue weighted by atomic mass is 9.94. The highest BCUT2D eigenvalue weighted by Gasteiger charge is 2.27. The quantitative estimate of drug-likeness (QED) is 0.614. The summed E-state index contributed by atoms with van der Waals surface area (Å²) in [7, 11) is 0. The number of alkyl halides is 3. The molecule has 0 amide bonds. The predicted molar refractivity (Wildman–Crippen MR) is 64.3 cm³/mol. The van der Waals surface area contributed by atoms with E-state index in [1.807, 2.05) is 0 Å². The number of hydrogen-bond donors (Lipinski definition) is 1. The van der Waals surface area contributed by atoms with Crippen LogP contribution >= 0.6 is 0 Å². The molecule has 0 saturated heterocycles. The highest BCUT2D eigenvalue weighted by molar-refractivity contribution is 5.20. The van der Waals surface area contributed by atoms with Gasteiger partial charge < -0.3 is 10.5 Å². The molecule has 19 heavy (non-hydrogen) atoms. The van der Waals surface area contributed by atoms with Crippen LogP contribution in [0.4, 0.5) is 17.6 Å². The van der Waals surface area contributed by atoms with Crippen molar-refractivity contribution in [1.82, 2.24) is 0 Å². The van der Waals surface area contributed by atoms with Gasteiger partial charge in [-0.05, 0) is 43.0 Å². The van der Waals surface area contributed by atoms with Gasteiger partial charge in [-0.1, -0.05) is 12.1 Å². The summed E-state index contributed by atoms with van der Waals surface area (Å²) in [5, 5.41) is 0. The minimum atomic E-state index is -4.29. The minimum Gasteiger partial charge on any atom is -0.372 e. The van der Waals surface area contributed by atoms with Crippen molar-refractivity contribution in [2.24, 2.45) is 5.73 Å². The van der Waals surface area contributed by atoms with Gasteiger partial charge in [0.15, 0.2) is 0 Å². The lowest BCUT2D eigenvalue weighted by Gasteiger charge is -2.15. The van der Waals surface area contributed by atoms with Crippen molar-refractivity contribution < 1.29 is 22.3 Å². The van der Waals surface area contributed by atoms with Crippen molar-refractivity contribution in [2.75, 3.05) is 19.8 Å². The van der Waals surface area contributed by atoms with Crippen LogP contribution in [0.15, 0.2) is 24.3 Å². The second kappa shape index (κ2) is 7.45. The molecule has 0 aliphatic heterocycles. The second-order valence-corrected chi connectivity index (χ2v) is 4.29. The summed E-state index contributed by atoms with van der Waals surface area (Å²) >= 11 is 0. The van der Waals surface area contributed by atoms with E-state index in [0.29, 0.717) is 19.4 Å². The first-order chi connectivity index (χ1) is 8.92. The molecule has 0 aromatic heterocycles. The van der Waals surface area contributed by atoms with Crippen molar-refractivity contribution in [3.8, 4) is 0 Å². The maximum absolute atomic E-state index is 12.8. The molecule has 2 nitrogen and oxygen atoms in total. The fraction of sp³-hybridized carbons (Fsp3) is 0.538. The van der Waals surface area contributed by atoms with E-state index in [4.69, 9.17) is 5.73 Å². The first-order valence-corrected chi connectivity index (χ1v) is 6.02. The van der Waals surface area contributed by atoms with Crippen LogP contribution in [0.25, 0.3) is 0 Å². The molecular formula is C13H17F4NO. The Morgan fingerprint density at radius 2 is 1.79 bits per heavy atom. The number of halogens is 4. The summed E-state index contributed by atoms with van der Waals surface area (Å²) in [6.07, 6.45) is -3.19. The van der Waals surface area contributed by atoms with Crippen LogP contribution in [-0.2, 0) is 4.74 Å². The van der Waals surface area contributed by atoms with E-state index in [0.717, 1.165) is 5.56 Å². The molecule has 1 rings (SSSR count). The highest BCUT2D eigenvalue weighted by atomic mass is 19.4. The van der Waals surface area contributed by atoms with Gasteiger partial charge in [0.1, 0.15) is 12.4 Å². The van der Waals surface area contributed by atoms with E-state index in [1.54, 1.807) is 12.1 Å². The Hall–Kier alpha value is -1.14. The Balaban J connectivity index is 2.31. The Labute approximate surface area is 109 Å². The first kappa shape index (κ1) is 15.9. The molecule has 0 saturated carbocycles. The average molecular weight is 279 g/mol. The SMILES string of the molecule is NCC(CCCOCC(F)(F)F)c1ccc(F)cc1. The van der Waals surface area contributed by atoms with Crippen LogP contribution < -0.4 is 5.73 Å². The molecule has 0 bridgehead atoms. The lowest BCUT2D eigenvalue weighted by molar-refractivity contribution is -0.174. The average Bonchev–Trinajstić information content (AvgIpc) is 2.34. The van der Waals surface area contributed by atoms with E-state index >= 15 is 0 Å². The van der Waals surface area contributed by atoms with Gasteiger partial charge in [-0.2, -0.15) is 13.2 Å². The van der Waals surface area contributed by atoms with Gasteiger partial charge in [-0.3, -0.25) is 0 Å². The smallest absolute Gasteiger partial charge is 0.372 e. The third-order valence-corrected chi connectivity index (χ3v) is 2.73. The molecule has 1 atom stereocenters. The van der Waals surface area contributed by atoms with Crippen LogP contribution in [0.5, 0.6) is 0 Å². The van der Waals surface area contributed by atoms with Gasteiger partial charge in [-0.25, -0.2) is 4.39 Å². The Morgan fingerprint density at radius 1 is 1.16 bits per heavy atom.